The Kier molecular flexibility index (Phi) is 3.48. The highest BCUT2D eigenvalue weighted by Gasteiger charge is 2.53. The summed E-state index contributed by atoms with van der Waals surface area (Å²) in [5.41, 5.74) is 0.240. The molecule has 0 bridgehead atoms. The van der Waals surface area contributed by atoms with Crippen LogP contribution in [0.3, 0.4) is 0 Å². The number of benzene rings is 3. The number of carbonyl (C=O) groups is 1. The quantitative estimate of drug-likeness (QED) is 0.722. The molecule has 1 N–H and O–H groups in total. The normalized spacial score (nSPS) is 23.4. The Labute approximate surface area is 146 Å². The first-order chi connectivity index (χ1) is 12.0. The molecule has 0 spiro atoms. The lowest BCUT2D eigenvalue weighted by molar-refractivity contribution is -0.114. The van der Waals surface area contributed by atoms with Crippen molar-refractivity contribution in [3.05, 3.63) is 90.5 Å². The molecule has 124 valence electrons. The first kappa shape index (κ1) is 15.6. The number of nitrogens with zero attached hydrogens (tertiary/aromatic N) is 1. The lowest BCUT2D eigenvalue weighted by Gasteiger charge is -2.31. The van der Waals surface area contributed by atoms with Crippen molar-refractivity contribution in [2.75, 3.05) is 4.90 Å². The Hall–Kier alpha value is -2.91. The van der Waals surface area contributed by atoms with Gasteiger partial charge in [-0.1, -0.05) is 61.2 Å². The monoisotopic (exact) mass is 329 g/mol. The number of para-hydroxylation sites is 1. The van der Waals surface area contributed by atoms with E-state index in [0.29, 0.717) is 5.56 Å². The zero-order valence-electron chi connectivity index (χ0n) is 14.0. The lowest BCUT2D eigenvalue weighted by Crippen LogP contribution is -2.41. The summed E-state index contributed by atoms with van der Waals surface area (Å²) in [4.78, 5) is 14.5. The minimum absolute atomic E-state index is 0.208. The fourth-order valence-electron chi connectivity index (χ4n) is 3.69. The molecule has 0 saturated carbocycles. The van der Waals surface area contributed by atoms with E-state index < -0.39 is 11.6 Å². The molecule has 3 heteroatoms. The van der Waals surface area contributed by atoms with Gasteiger partial charge in [-0.15, -0.1) is 0 Å². The molecule has 0 aromatic heterocycles. The van der Waals surface area contributed by atoms with Crippen molar-refractivity contribution in [1.82, 2.24) is 0 Å². The Morgan fingerprint density at radius 3 is 2.32 bits per heavy atom. The van der Waals surface area contributed by atoms with Crippen molar-refractivity contribution in [3.8, 4) is 0 Å². The Balaban J connectivity index is 1.84. The summed E-state index contributed by atoms with van der Waals surface area (Å²) in [6, 6.07) is 22.7. The van der Waals surface area contributed by atoms with Gasteiger partial charge in [0.15, 0.2) is 0 Å². The van der Waals surface area contributed by atoms with Crippen LogP contribution in [0.15, 0.2) is 84.9 Å². The van der Waals surface area contributed by atoms with Crippen LogP contribution in [-0.2, 0) is 10.4 Å². The van der Waals surface area contributed by atoms with E-state index in [-0.39, 0.29) is 11.5 Å². The molecule has 1 saturated heterocycles. The molecule has 0 radical (unpaired) electrons. The van der Waals surface area contributed by atoms with Gasteiger partial charge in [-0.2, -0.15) is 0 Å². The summed E-state index contributed by atoms with van der Waals surface area (Å²) in [5, 5.41) is 13.6. The number of hydrogen-bond donors (Lipinski definition) is 1. The number of hydrogen-bond acceptors (Lipinski definition) is 2. The average molecular weight is 329 g/mol. The average Bonchev–Trinajstić information content (AvgIpc) is 2.83. The van der Waals surface area contributed by atoms with Gasteiger partial charge in [-0.05, 0) is 41.5 Å². The van der Waals surface area contributed by atoms with Crippen LogP contribution in [0.4, 0.5) is 5.69 Å². The van der Waals surface area contributed by atoms with Crippen molar-refractivity contribution in [2.45, 2.75) is 18.6 Å². The molecule has 1 heterocycles. The van der Waals surface area contributed by atoms with Gasteiger partial charge in [0, 0.05) is 11.3 Å². The van der Waals surface area contributed by atoms with Crippen molar-refractivity contribution < 1.29 is 9.90 Å². The standard InChI is InChI=1S/C22H19NO2/c1-15-21(24)23(20-10-4-3-5-11-20)16(2)22(15,25)19-13-12-17-8-6-7-9-18(17)14-19/h3-14,16,25H,1H2,2H3/t16-,22-/m0/s1. The molecular weight excluding hydrogens is 310 g/mol. The molecule has 0 aliphatic carbocycles. The first-order valence-electron chi connectivity index (χ1n) is 8.33. The lowest BCUT2D eigenvalue weighted by atomic mass is 9.83. The van der Waals surface area contributed by atoms with Gasteiger partial charge in [0.05, 0.1) is 6.04 Å². The highest BCUT2D eigenvalue weighted by atomic mass is 16.3. The van der Waals surface area contributed by atoms with Crippen LogP contribution in [-0.4, -0.2) is 17.1 Å². The van der Waals surface area contributed by atoms with Crippen LogP contribution in [0, 0.1) is 0 Å². The summed E-state index contributed by atoms with van der Waals surface area (Å²) in [5.74, 6) is -0.241. The largest absolute Gasteiger partial charge is 0.378 e. The molecule has 4 rings (SSSR count). The third-order valence-electron chi connectivity index (χ3n) is 5.15. The summed E-state index contributed by atoms with van der Waals surface area (Å²) < 4.78 is 0. The zero-order valence-corrected chi connectivity index (χ0v) is 14.0. The molecule has 2 atom stereocenters. The van der Waals surface area contributed by atoms with E-state index in [1.807, 2.05) is 79.7 Å². The molecule has 1 amide bonds. The van der Waals surface area contributed by atoms with Crippen molar-refractivity contribution >= 4 is 22.4 Å². The second-order valence-corrected chi connectivity index (χ2v) is 6.49. The molecule has 25 heavy (non-hydrogen) atoms. The van der Waals surface area contributed by atoms with Crippen molar-refractivity contribution in [2.24, 2.45) is 0 Å². The van der Waals surface area contributed by atoms with Crippen LogP contribution >= 0.6 is 0 Å². The van der Waals surface area contributed by atoms with E-state index >= 15 is 0 Å². The molecule has 1 aliphatic rings. The number of fused-ring (bicyclic) bond motifs is 1. The van der Waals surface area contributed by atoms with Crippen molar-refractivity contribution in [3.63, 3.8) is 0 Å². The summed E-state index contributed by atoms with van der Waals surface area (Å²) in [6.45, 7) is 5.79. The molecule has 1 fully saturated rings. The van der Waals surface area contributed by atoms with Gasteiger partial charge in [-0.3, -0.25) is 4.79 Å². The number of carbonyl (C=O) groups excluding carboxylic acids is 1. The van der Waals surface area contributed by atoms with Crippen LogP contribution < -0.4 is 4.90 Å². The topological polar surface area (TPSA) is 40.5 Å². The van der Waals surface area contributed by atoms with E-state index in [4.69, 9.17) is 0 Å². The number of anilines is 1. The van der Waals surface area contributed by atoms with E-state index in [1.165, 1.54) is 0 Å². The van der Waals surface area contributed by atoms with Gasteiger partial charge in [0.1, 0.15) is 5.60 Å². The summed E-state index contributed by atoms with van der Waals surface area (Å²) >= 11 is 0. The summed E-state index contributed by atoms with van der Waals surface area (Å²) in [6.07, 6.45) is 0. The van der Waals surface area contributed by atoms with E-state index in [1.54, 1.807) is 4.90 Å². The van der Waals surface area contributed by atoms with Crippen LogP contribution in [0.2, 0.25) is 0 Å². The van der Waals surface area contributed by atoms with Crippen LogP contribution in [0.1, 0.15) is 12.5 Å². The summed E-state index contributed by atoms with van der Waals surface area (Å²) in [7, 11) is 0. The highest BCUT2D eigenvalue weighted by Crippen LogP contribution is 2.44. The molecule has 0 unspecified atom stereocenters. The van der Waals surface area contributed by atoms with Gasteiger partial charge >= 0.3 is 0 Å². The molecule has 3 aromatic carbocycles. The van der Waals surface area contributed by atoms with Crippen LogP contribution in [0.5, 0.6) is 0 Å². The van der Waals surface area contributed by atoms with E-state index in [2.05, 4.69) is 6.58 Å². The number of rotatable bonds is 2. The highest BCUT2D eigenvalue weighted by molar-refractivity contribution is 6.10. The Bertz CT molecular complexity index is 979. The third kappa shape index (κ3) is 2.20. The maximum Gasteiger partial charge on any atom is 0.257 e. The predicted octanol–water partition coefficient (Wildman–Crippen LogP) is 4.02. The smallest absolute Gasteiger partial charge is 0.257 e. The van der Waals surface area contributed by atoms with Crippen LogP contribution in [0.25, 0.3) is 10.8 Å². The zero-order chi connectivity index (χ0) is 17.6. The second-order valence-electron chi connectivity index (χ2n) is 6.49. The fraction of sp³-hybridized carbons (Fsp3) is 0.136. The van der Waals surface area contributed by atoms with Gasteiger partial charge < -0.3 is 10.0 Å². The maximum absolute atomic E-state index is 12.8. The second kappa shape index (κ2) is 5.57. The maximum atomic E-state index is 12.8. The van der Waals surface area contributed by atoms with Gasteiger partial charge in [0.25, 0.3) is 5.91 Å². The SMILES string of the molecule is C=C1C(=O)N(c2ccccc2)[C@@H](C)[C@]1(O)c1ccc2ccccc2c1. The third-order valence-corrected chi connectivity index (χ3v) is 5.15. The number of amides is 1. The first-order valence-corrected chi connectivity index (χ1v) is 8.33. The van der Waals surface area contributed by atoms with Gasteiger partial charge in [0.2, 0.25) is 0 Å². The Morgan fingerprint density at radius 2 is 1.60 bits per heavy atom. The van der Waals surface area contributed by atoms with Gasteiger partial charge in [-0.25, -0.2) is 0 Å². The predicted molar refractivity (Wildman–Crippen MR) is 100 cm³/mol. The van der Waals surface area contributed by atoms with Crippen molar-refractivity contribution in [1.29, 1.82) is 0 Å². The Morgan fingerprint density at radius 1 is 0.960 bits per heavy atom. The van der Waals surface area contributed by atoms with E-state index in [9.17, 15) is 9.90 Å². The molecule has 3 nitrogen and oxygen atoms in total. The minimum atomic E-state index is -1.42. The molecule has 3 aromatic rings. The minimum Gasteiger partial charge on any atom is -0.378 e. The molecular formula is C22H19NO2. The fourth-order valence-corrected chi connectivity index (χ4v) is 3.69. The molecule has 1 aliphatic heterocycles. The number of aliphatic hydroxyl groups is 1. The van der Waals surface area contributed by atoms with E-state index in [0.717, 1.165) is 16.5 Å².